The third-order valence-electron chi connectivity index (χ3n) is 2.40. The van der Waals surface area contributed by atoms with Crippen molar-refractivity contribution in [2.24, 2.45) is 0 Å². The van der Waals surface area contributed by atoms with Gasteiger partial charge in [0.1, 0.15) is 5.75 Å². The van der Waals surface area contributed by atoms with Gasteiger partial charge in [-0.3, -0.25) is 0 Å². The van der Waals surface area contributed by atoms with E-state index in [1.165, 1.54) is 0 Å². The maximum atomic E-state index is 9.92. The lowest BCUT2D eigenvalue weighted by molar-refractivity contribution is 0.174. The number of aliphatic hydroxyl groups excluding tert-OH is 1. The van der Waals surface area contributed by atoms with Crippen LogP contribution in [0.25, 0.3) is 0 Å². The highest BCUT2D eigenvalue weighted by molar-refractivity contribution is 5.28. The summed E-state index contributed by atoms with van der Waals surface area (Å²) < 4.78 is 5.55. The molecule has 0 aliphatic rings. The van der Waals surface area contributed by atoms with Crippen LogP contribution in [0, 0.1) is 0 Å². The van der Waals surface area contributed by atoms with Crippen LogP contribution < -0.4 is 10.1 Å². The van der Waals surface area contributed by atoms with Gasteiger partial charge < -0.3 is 15.2 Å². The number of rotatable bonds is 7. The van der Waals surface area contributed by atoms with Gasteiger partial charge in [0.2, 0.25) is 0 Å². The molecule has 0 heterocycles. The van der Waals surface area contributed by atoms with Gasteiger partial charge in [0.05, 0.1) is 12.2 Å². The molecule has 1 rings (SSSR count). The monoisotopic (exact) mass is 237 g/mol. The van der Waals surface area contributed by atoms with E-state index >= 15 is 0 Å². The van der Waals surface area contributed by atoms with Crippen LogP contribution in [-0.4, -0.2) is 24.3 Å². The Labute approximate surface area is 104 Å². The SMILES string of the molecule is CCCNCC(O)c1ccc(OC(C)C)cc1. The molecule has 3 heteroatoms. The van der Waals surface area contributed by atoms with E-state index in [1.54, 1.807) is 0 Å². The summed E-state index contributed by atoms with van der Waals surface area (Å²) in [5.41, 5.74) is 0.921. The number of hydrogen-bond acceptors (Lipinski definition) is 3. The summed E-state index contributed by atoms with van der Waals surface area (Å²) in [5.74, 6) is 0.845. The zero-order chi connectivity index (χ0) is 12.7. The molecule has 1 aromatic rings. The molecule has 17 heavy (non-hydrogen) atoms. The fourth-order valence-electron chi connectivity index (χ4n) is 1.57. The maximum absolute atomic E-state index is 9.92. The van der Waals surface area contributed by atoms with E-state index < -0.39 is 6.10 Å². The summed E-state index contributed by atoms with van der Waals surface area (Å²) in [6, 6.07) is 7.63. The lowest BCUT2D eigenvalue weighted by atomic mass is 10.1. The normalized spacial score (nSPS) is 12.8. The van der Waals surface area contributed by atoms with Crippen molar-refractivity contribution in [2.75, 3.05) is 13.1 Å². The number of aliphatic hydroxyl groups is 1. The molecule has 0 saturated heterocycles. The fraction of sp³-hybridized carbons (Fsp3) is 0.571. The van der Waals surface area contributed by atoms with Crippen LogP contribution in [0.5, 0.6) is 5.75 Å². The molecule has 0 aromatic heterocycles. The Hall–Kier alpha value is -1.06. The molecule has 0 aliphatic carbocycles. The first-order valence-electron chi connectivity index (χ1n) is 6.29. The molecule has 2 N–H and O–H groups in total. The second-order valence-electron chi connectivity index (χ2n) is 4.46. The molecule has 0 fully saturated rings. The van der Waals surface area contributed by atoms with Crippen molar-refractivity contribution in [1.29, 1.82) is 0 Å². The van der Waals surface area contributed by atoms with Crippen molar-refractivity contribution in [2.45, 2.75) is 39.4 Å². The number of ether oxygens (including phenoxy) is 1. The molecule has 0 spiro atoms. The lowest BCUT2D eigenvalue weighted by Crippen LogP contribution is -2.22. The van der Waals surface area contributed by atoms with Crippen LogP contribution in [0.15, 0.2) is 24.3 Å². The van der Waals surface area contributed by atoms with E-state index in [2.05, 4.69) is 12.2 Å². The molecule has 1 unspecified atom stereocenters. The second kappa shape index (κ2) is 7.30. The van der Waals surface area contributed by atoms with Crippen LogP contribution in [0.3, 0.4) is 0 Å². The Kier molecular flexibility index (Phi) is 6.01. The van der Waals surface area contributed by atoms with Crippen molar-refractivity contribution < 1.29 is 9.84 Å². The first-order valence-corrected chi connectivity index (χ1v) is 6.29. The highest BCUT2D eigenvalue weighted by Crippen LogP contribution is 2.18. The van der Waals surface area contributed by atoms with Crippen LogP contribution in [-0.2, 0) is 0 Å². The first-order chi connectivity index (χ1) is 8.13. The maximum Gasteiger partial charge on any atom is 0.119 e. The molecule has 0 amide bonds. The molecule has 0 radical (unpaired) electrons. The van der Waals surface area contributed by atoms with Crippen molar-refractivity contribution in [1.82, 2.24) is 5.32 Å². The van der Waals surface area contributed by atoms with E-state index in [1.807, 2.05) is 38.1 Å². The quantitative estimate of drug-likeness (QED) is 0.716. The fourth-order valence-corrected chi connectivity index (χ4v) is 1.57. The van der Waals surface area contributed by atoms with Crippen molar-refractivity contribution in [3.05, 3.63) is 29.8 Å². The minimum atomic E-state index is -0.449. The van der Waals surface area contributed by atoms with Crippen molar-refractivity contribution >= 4 is 0 Å². The van der Waals surface area contributed by atoms with Gasteiger partial charge in [0.25, 0.3) is 0 Å². The highest BCUT2D eigenvalue weighted by atomic mass is 16.5. The van der Waals surface area contributed by atoms with E-state index in [0.717, 1.165) is 24.3 Å². The summed E-state index contributed by atoms with van der Waals surface area (Å²) in [4.78, 5) is 0. The smallest absolute Gasteiger partial charge is 0.119 e. The average molecular weight is 237 g/mol. The Morgan fingerprint density at radius 3 is 2.41 bits per heavy atom. The molecule has 96 valence electrons. The number of hydrogen-bond donors (Lipinski definition) is 2. The molecule has 0 saturated carbocycles. The summed E-state index contributed by atoms with van der Waals surface area (Å²) in [5, 5.41) is 13.1. The van der Waals surface area contributed by atoms with E-state index in [0.29, 0.717) is 6.54 Å². The zero-order valence-electron chi connectivity index (χ0n) is 10.9. The average Bonchev–Trinajstić information content (AvgIpc) is 2.29. The molecule has 1 atom stereocenters. The second-order valence-corrected chi connectivity index (χ2v) is 4.46. The zero-order valence-corrected chi connectivity index (χ0v) is 10.9. The minimum absolute atomic E-state index is 0.178. The predicted molar refractivity (Wildman–Crippen MR) is 70.3 cm³/mol. The van der Waals surface area contributed by atoms with Gasteiger partial charge >= 0.3 is 0 Å². The molecular formula is C14H23NO2. The summed E-state index contributed by atoms with van der Waals surface area (Å²) in [6.07, 6.45) is 0.806. The van der Waals surface area contributed by atoms with Crippen LogP contribution in [0.2, 0.25) is 0 Å². The summed E-state index contributed by atoms with van der Waals surface area (Å²) in [6.45, 7) is 7.64. The van der Waals surface area contributed by atoms with E-state index in [9.17, 15) is 5.11 Å². The topological polar surface area (TPSA) is 41.5 Å². The summed E-state index contributed by atoms with van der Waals surface area (Å²) in [7, 11) is 0. The minimum Gasteiger partial charge on any atom is -0.491 e. The molecular weight excluding hydrogens is 214 g/mol. The van der Waals surface area contributed by atoms with E-state index in [-0.39, 0.29) is 6.10 Å². The number of nitrogens with one attached hydrogen (secondary N) is 1. The van der Waals surface area contributed by atoms with Gasteiger partial charge in [0, 0.05) is 6.54 Å². The van der Waals surface area contributed by atoms with Gasteiger partial charge in [0.15, 0.2) is 0 Å². The third-order valence-corrected chi connectivity index (χ3v) is 2.40. The lowest BCUT2D eigenvalue weighted by Gasteiger charge is -2.14. The molecule has 0 aliphatic heterocycles. The van der Waals surface area contributed by atoms with Crippen LogP contribution >= 0.6 is 0 Å². The standard InChI is InChI=1S/C14H23NO2/c1-4-9-15-10-14(16)12-5-7-13(8-6-12)17-11(2)3/h5-8,11,14-16H,4,9-10H2,1-3H3. The van der Waals surface area contributed by atoms with Gasteiger partial charge in [-0.15, -0.1) is 0 Å². The predicted octanol–water partition coefficient (Wildman–Crippen LogP) is 2.51. The molecule has 3 nitrogen and oxygen atoms in total. The Bertz CT molecular complexity index is 309. The van der Waals surface area contributed by atoms with Gasteiger partial charge in [-0.2, -0.15) is 0 Å². The molecule has 0 bridgehead atoms. The number of benzene rings is 1. The molecule has 1 aromatic carbocycles. The summed E-state index contributed by atoms with van der Waals surface area (Å²) >= 11 is 0. The van der Waals surface area contributed by atoms with E-state index in [4.69, 9.17) is 4.74 Å². The van der Waals surface area contributed by atoms with Gasteiger partial charge in [-0.25, -0.2) is 0 Å². The third kappa shape index (κ3) is 5.20. The Balaban J connectivity index is 2.48. The van der Waals surface area contributed by atoms with Gasteiger partial charge in [-0.1, -0.05) is 19.1 Å². The van der Waals surface area contributed by atoms with Gasteiger partial charge in [-0.05, 0) is 44.5 Å². The Morgan fingerprint density at radius 2 is 1.88 bits per heavy atom. The van der Waals surface area contributed by atoms with Crippen molar-refractivity contribution in [3.63, 3.8) is 0 Å². The largest absolute Gasteiger partial charge is 0.491 e. The van der Waals surface area contributed by atoms with Crippen LogP contribution in [0.4, 0.5) is 0 Å². The Morgan fingerprint density at radius 1 is 1.24 bits per heavy atom. The van der Waals surface area contributed by atoms with Crippen LogP contribution in [0.1, 0.15) is 38.9 Å². The highest BCUT2D eigenvalue weighted by Gasteiger charge is 2.07. The first kappa shape index (κ1) is 14.0. The van der Waals surface area contributed by atoms with Crippen molar-refractivity contribution in [3.8, 4) is 5.75 Å².